The molecule has 1 aliphatic rings. The molecule has 0 nitrogen and oxygen atoms in total. The van der Waals surface area contributed by atoms with Crippen LogP contribution >= 0.6 is 0 Å². The van der Waals surface area contributed by atoms with Crippen molar-refractivity contribution in [2.24, 2.45) is 23.2 Å². The van der Waals surface area contributed by atoms with Gasteiger partial charge in [0.1, 0.15) is 0 Å². The first-order valence-corrected chi connectivity index (χ1v) is 7.08. The molecule has 0 bridgehead atoms. The molecular weight excluding hydrogens is 282 g/mol. The topological polar surface area (TPSA) is 0 Å². The van der Waals surface area contributed by atoms with Crippen molar-refractivity contribution >= 4 is 0 Å². The molecule has 6 heteroatoms. The van der Waals surface area contributed by atoms with Crippen LogP contribution in [0, 0.1) is 23.2 Å². The minimum Gasteiger partial charge on any atom is -0.170 e. The maximum atomic E-state index is 13.0. The van der Waals surface area contributed by atoms with Gasteiger partial charge >= 0.3 is 12.4 Å². The lowest BCUT2D eigenvalue weighted by molar-refractivity contribution is -0.354. The molecule has 0 aliphatic heterocycles. The van der Waals surface area contributed by atoms with Gasteiger partial charge in [-0.15, -0.1) is 0 Å². The Kier molecular flexibility index (Phi) is 5.08. The molecule has 1 fully saturated rings. The van der Waals surface area contributed by atoms with E-state index in [4.69, 9.17) is 0 Å². The number of hydrogen-bond acceptors (Lipinski definition) is 0. The summed E-state index contributed by atoms with van der Waals surface area (Å²) < 4.78 is 77.9. The summed E-state index contributed by atoms with van der Waals surface area (Å²) in [7, 11) is 0. The molecule has 1 saturated carbocycles. The molecule has 0 aromatic rings. The fraction of sp³-hybridized carbons (Fsp3) is 1.00. The van der Waals surface area contributed by atoms with Crippen molar-refractivity contribution in [2.45, 2.75) is 65.2 Å². The highest BCUT2D eigenvalue weighted by atomic mass is 19.4. The summed E-state index contributed by atoms with van der Waals surface area (Å²) >= 11 is 0. The Balaban J connectivity index is 2.88. The van der Waals surface area contributed by atoms with Crippen molar-refractivity contribution in [3.8, 4) is 0 Å². The number of alkyl halides is 6. The summed E-state index contributed by atoms with van der Waals surface area (Å²) in [6.07, 6.45) is -8.67. The first-order valence-electron chi connectivity index (χ1n) is 7.08. The highest BCUT2D eigenvalue weighted by Gasteiger charge is 2.70. The van der Waals surface area contributed by atoms with Crippen LogP contribution in [0.5, 0.6) is 0 Å². The third kappa shape index (κ3) is 3.08. The zero-order valence-electron chi connectivity index (χ0n) is 12.0. The zero-order valence-corrected chi connectivity index (χ0v) is 12.0. The molecule has 1 atom stereocenters. The van der Waals surface area contributed by atoms with Gasteiger partial charge in [0.25, 0.3) is 0 Å². The van der Waals surface area contributed by atoms with Crippen LogP contribution in [-0.4, -0.2) is 12.4 Å². The molecule has 0 saturated heterocycles. The van der Waals surface area contributed by atoms with Crippen molar-refractivity contribution in [3.05, 3.63) is 0 Å². The minimum absolute atomic E-state index is 0.00449. The molecule has 0 radical (unpaired) electrons. The predicted octanol–water partition coefficient (Wildman–Crippen LogP) is 5.97. The molecule has 0 aromatic heterocycles. The van der Waals surface area contributed by atoms with Crippen LogP contribution in [0.2, 0.25) is 0 Å². The Morgan fingerprint density at radius 2 is 1.30 bits per heavy atom. The third-order valence-corrected chi connectivity index (χ3v) is 5.21. The first-order chi connectivity index (χ1) is 8.95. The molecule has 0 spiro atoms. The van der Waals surface area contributed by atoms with E-state index in [-0.39, 0.29) is 18.8 Å². The number of halogens is 6. The number of hydrogen-bond donors (Lipinski definition) is 0. The highest BCUT2D eigenvalue weighted by molar-refractivity contribution is 4.96. The largest absolute Gasteiger partial charge is 0.403 e. The molecule has 1 aliphatic carbocycles. The third-order valence-electron chi connectivity index (χ3n) is 5.21. The highest BCUT2D eigenvalue weighted by Crippen LogP contribution is 2.58. The molecule has 120 valence electrons. The monoisotopic (exact) mass is 304 g/mol. The van der Waals surface area contributed by atoms with Gasteiger partial charge in [-0.2, -0.15) is 26.3 Å². The lowest BCUT2D eigenvalue weighted by Crippen LogP contribution is -2.53. The van der Waals surface area contributed by atoms with Crippen molar-refractivity contribution in [1.29, 1.82) is 0 Å². The van der Waals surface area contributed by atoms with E-state index < -0.39 is 23.7 Å². The fourth-order valence-electron chi connectivity index (χ4n) is 3.22. The van der Waals surface area contributed by atoms with Gasteiger partial charge in [0.2, 0.25) is 0 Å². The smallest absolute Gasteiger partial charge is 0.170 e. The fourth-order valence-corrected chi connectivity index (χ4v) is 3.22. The van der Waals surface area contributed by atoms with E-state index in [1.807, 2.05) is 13.8 Å². The average Bonchev–Trinajstić information content (AvgIpc) is 2.34. The van der Waals surface area contributed by atoms with Gasteiger partial charge in [0.15, 0.2) is 5.41 Å². The van der Waals surface area contributed by atoms with Crippen LogP contribution in [0.15, 0.2) is 0 Å². The van der Waals surface area contributed by atoms with Gasteiger partial charge < -0.3 is 0 Å². The van der Waals surface area contributed by atoms with Crippen LogP contribution < -0.4 is 0 Å². The zero-order chi connectivity index (χ0) is 15.8. The van der Waals surface area contributed by atoms with Crippen LogP contribution in [-0.2, 0) is 0 Å². The van der Waals surface area contributed by atoms with Gasteiger partial charge in [0.05, 0.1) is 0 Å². The Bertz CT molecular complexity index is 295. The van der Waals surface area contributed by atoms with E-state index >= 15 is 0 Å². The molecule has 0 heterocycles. The molecular formula is C14H22F6. The predicted molar refractivity (Wildman–Crippen MR) is 65.1 cm³/mol. The first kappa shape index (κ1) is 17.6. The molecule has 1 unspecified atom stereocenters. The maximum absolute atomic E-state index is 13.0. The van der Waals surface area contributed by atoms with E-state index in [2.05, 4.69) is 0 Å². The van der Waals surface area contributed by atoms with Crippen molar-refractivity contribution in [3.63, 3.8) is 0 Å². The van der Waals surface area contributed by atoms with Crippen LogP contribution in [0.3, 0.4) is 0 Å². The summed E-state index contributed by atoms with van der Waals surface area (Å²) in [4.78, 5) is 0. The SMILES string of the molecule is CCC(C)C1CCC(C(C)(C(F)(F)F)C(F)(F)F)CC1. The van der Waals surface area contributed by atoms with E-state index in [1.165, 1.54) is 0 Å². The van der Waals surface area contributed by atoms with Crippen LogP contribution in [0.4, 0.5) is 26.3 Å². The standard InChI is InChI=1S/C14H22F6/c1-4-9(2)10-5-7-11(8-6-10)12(3,13(15,16)17)14(18,19)20/h9-11H,4-8H2,1-3H3. The molecule has 0 N–H and O–H groups in total. The molecule has 0 aromatic carbocycles. The minimum atomic E-state index is -5.25. The van der Waals surface area contributed by atoms with Gasteiger partial charge in [-0.1, -0.05) is 20.3 Å². The lowest BCUT2D eigenvalue weighted by Gasteiger charge is -2.44. The Morgan fingerprint density at radius 1 is 0.900 bits per heavy atom. The summed E-state index contributed by atoms with van der Waals surface area (Å²) in [5.74, 6) is -0.747. The summed E-state index contributed by atoms with van der Waals surface area (Å²) in [6.45, 7) is 4.32. The van der Waals surface area contributed by atoms with Crippen LogP contribution in [0.25, 0.3) is 0 Å². The Hall–Kier alpha value is -0.420. The summed E-state index contributed by atoms with van der Waals surface area (Å²) in [6, 6.07) is 0. The normalized spacial score (nSPS) is 27.4. The van der Waals surface area contributed by atoms with Gasteiger partial charge in [-0.3, -0.25) is 0 Å². The molecule has 20 heavy (non-hydrogen) atoms. The van der Waals surface area contributed by atoms with E-state index in [0.717, 1.165) is 6.42 Å². The van der Waals surface area contributed by atoms with E-state index in [0.29, 0.717) is 25.7 Å². The Morgan fingerprint density at radius 3 is 1.60 bits per heavy atom. The number of rotatable bonds is 3. The Labute approximate surface area is 115 Å². The lowest BCUT2D eigenvalue weighted by atomic mass is 9.65. The second-order valence-corrected chi connectivity index (χ2v) is 6.20. The van der Waals surface area contributed by atoms with Crippen molar-refractivity contribution in [2.75, 3.05) is 0 Å². The summed E-state index contributed by atoms with van der Waals surface area (Å²) in [5, 5.41) is 0. The second kappa shape index (κ2) is 5.76. The van der Waals surface area contributed by atoms with Crippen molar-refractivity contribution < 1.29 is 26.3 Å². The van der Waals surface area contributed by atoms with E-state index in [9.17, 15) is 26.3 Å². The second-order valence-electron chi connectivity index (χ2n) is 6.20. The van der Waals surface area contributed by atoms with Crippen LogP contribution in [0.1, 0.15) is 52.9 Å². The quantitative estimate of drug-likeness (QED) is 0.563. The van der Waals surface area contributed by atoms with Gasteiger partial charge in [0, 0.05) is 0 Å². The van der Waals surface area contributed by atoms with E-state index in [1.54, 1.807) is 0 Å². The van der Waals surface area contributed by atoms with Gasteiger partial charge in [-0.05, 0) is 50.4 Å². The summed E-state index contributed by atoms with van der Waals surface area (Å²) in [5.41, 5.74) is -3.58. The maximum Gasteiger partial charge on any atom is 0.403 e. The van der Waals surface area contributed by atoms with Gasteiger partial charge in [-0.25, -0.2) is 0 Å². The molecule has 1 rings (SSSR count). The van der Waals surface area contributed by atoms with Crippen molar-refractivity contribution in [1.82, 2.24) is 0 Å². The average molecular weight is 304 g/mol. The molecule has 0 amide bonds.